The van der Waals surface area contributed by atoms with Crippen LogP contribution in [0.4, 0.5) is 0 Å². The van der Waals surface area contributed by atoms with Crippen LogP contribution >= 0.6 is 0 Å². The fourth-order valence-electron chi connectivity index (χ4n) is 2.38. The van der Waals surface area contributed by atoms with E-state index in [2.05, 4.69) is 29.2 Å². The highest BCUT2D eigenvalue weighted by molar-refractivity contribution is 5.80. The van der Waals surface area contributed by atoms with Crippen molar-refractivity contribution in [3.63, 3.8) is 0 Å². The minimum Gasteiger partial charge on any atom is -0.314 e. The molecular formula is C13H22N4O. The van der Waals surface area contributed by atoms with Gasteiger partial charge in [0.1, 0.15) is 17.9 Å². The van der Waals surface area contributed by atoms with Crippen LogP contribution in [-0.4, -0.2) is 33.1 Å². The molecule has 2 heterocycles. The maximum atomic E-state index is 12.0. The first-order valence-electron chi connectivity index (χ1n) is 6.77. The van der Waals surface area contributed by atoms with Crippen molar-refractivity contribution in [1.82, 2.24) is 20.1 Å². The van der Waals surface area contributed by atoms with Crippen LogP contribution in [0.2, 0.25) is 0 Å². The predicted octanol–water partition coefficient (Wildman–Crippen LogP) is 1.19. The van der Waals surface area contributed by atoms with Crippen molar-refractivity contribution in [2.75, 3.05) is 6.54 Å². The highest BCUT2D eigenvalue weighted by atomic mass is 16.1. The van der Waals surface area contributed by atoms with Gasteiger partial charge in [0.15, 0.2) is 0 Å². The molecule has 0 aromatic carbocycles. The lowest BCUT2D eigenvalue weighted by atomic mass is 10.1. The minimum absolute atomic E-state index is 0.257. The van der Waals surface area contributed by atoms with Crippen LogP contribution < -0.4 is 5.32 Å². The number of rotatable bonds is 6. The van der Waals surface area contributed by atoms with Crippen molar-refractivity contribution in [3.05, 3.63) is 12.2 Å². The number of Topliss-reactive ketones (excluding diaryl/α,β-unsaturated/α-hetero) is 1. The van der Waals surface area contributed by atoms with Gasteiger partial charge in [-0.1, -0.05) is 13.8 Å². The first-order chi connectivity index (χ1) is 8.65. The molecule has 0 spiro atoms. The minimum atomic E-state index is 0.257. The van der Waals surface area contributed by atoms with Crippen LogP contribution in [0.25, 0.3) is 0 Å². The zero-order valence-corrected chi connectivity index (χ0v) is 11.2. The Hall–Kier alpha value is -1.23. The topological polar surface area (TPSA) is 59.8 Å². The molecule has 2 rings (SSSR count). The fraction of sp³-hybridized carbons (Fsp3) is 0.769. The van der Waals surface area contributed by atoms with Crippen LogP contribution in [0.15, 0.2) is 6.33 Å². The molecule has 5 heteroatoms. The Morgan fingerprint density at radius 2 is 2.44 bits per heavy atom. The van der Waals surface area contributed by atoms with Crippen molar-refractivity contribution in [2.24, 2.45) is 5.92 Å². The van der Waals surface area contributed by atoms with E-state index in [9.17, 15) is 4.79 Å². The molecule has 1 aromatic heterocycles. The van der Waals surface area contributed by atoms with Gasteiger partial charge in [-0.2, -0.15) is 5.10 Å². The largest absolute Gasteiger partial charge is 0.314 e. The van der Waals surface area contributed by atoms with Crippen LogP contribution in [0.1, 0.15) is 38.9 Å². The lowest BCUT2D eigenvalue weighted by Gasteiger charge is -2.10. The number of nitrogens with one attached hydrogen (secondary N) is 1. The SMILES string of the molecule is CC(C)Cn1ncnc1CC(=O)CC1CCCN1. The highest BCUT2D eigenvalue weighted by Crippen LogP contribution is 2.11. The molecule has 1 aliphatic heterocycles. The third kappa shape index (κ3) is 3.63. The zero-order valence-electron chi connectivity index (χ0n) is 11.2. The molecule has 5 nitrogen and oxygen atoms in total. The number of hydrogen-bond acceptors (Lipinski definition) is 4. The Bertz CT molecular complexity index is 393. The quantitative estimate of drug-likeness (QED) is 0.824. The van der Waals surface area contributed by atoms with Crippen molar-refractivity contribution in [3.8, 4) is 0 Å². The van der Waals surface area contributed by atoms with E-state index in [4.69, 9.17) is 0 Å². The molecule has 1 unspecified atom stereocenters. The summed E-state index contributed by atoms with van der Waals surface area (Å²) in [5, 5.41) is 7.53. The van der Waals surface area contributed by atoms with Gasteiger partial charge >= 0.3 is 0 Å². The summed E-state index contributed by atoms with van der Waals surface area (Å²) in [5.41, 5.74) is 0. The molecule has 100 valence electrons. The average Bonchev–Trinajstić information content (AvgIpc) is 2.91. The van der Waals surface area contributed by atoms with Crippen LogP contribution in [0, 0.1) is 5.92 Å². The molecule has 1 aliphatic rings. The Morgan fingerprint density at radius 1 is 1.61 bits per heavy atom. The van der Waals surface area contributed by atoms with Crippen molar-refractivity contribution in [1.29, 1.82) is 0 Å². The summed E-state index contributed by atoms with van der Waals surface area (Å²) in [6, 6.07) is 0.374. The summed E-state index contributed by atoms with van der Waals surface area (Å²) in [6.45, 7) is 6.14. The number of carbonyl (C=O) groups excluding carboxylic acids is 1. The van der Waals surface area contributed by atoms with Crippen molar-refractivity contribution in [2.45, 2.75) is 52.1 Å². The Labute approximate surface area is 108 Å². The first-order valence-corrected chi connectivity index (χ1v) is 6.77. The van der Waals surface area contributed by atoms with Gasteiger partial charge in [0.05, 0.1) is 6.42 Å². The van der Waals surface area contributed by atoms with Gasteiger partial charge in [0.25, 0.3) is 0 Å². The van der Waals surface area contributed by atoms with Gasteiger partial charge in [0, 0.05) is 19.0 Å². The maximum Gasteiger partial charge on any atom is 0.142 e. The monoisotopic (exact) mass is 250 g/mol. The van der Waals surface area contributed by atoms with E-state index in [1.54, 1.807) is 6.33 Å². The number of carbonyl (C=O) groups is 1. The number of ketones is 1. The molecule has 1 aromatic rings. The highest BCUT2D eigenvalue weighted by Gasteiger charge is 2.19. The van der Waals surface area contributed by atoms with E-state index < -0.39 is 0 Å². The van der Waals surface area contributed by atoms with Crippen LogP contribution in [0.3, 0.4) is 0 Å². The maximum absolute atomic E-state index is 12.0. The predicted molar refractivity (Wildman–Crippen MR) is 69.2 cm³/mol. The number of nitrogens with zero attached hydrogens (tertiary/aromatic N) is 3. The first kappa shape index (κ1) is 13.2. The normalized spacial score (nSPS) is 19.6. The molecular weight excluding hydrogens is 228 g/mol. The Kier molecular flexibility index (Phi) is 4.47. The number of aromatic nitrogens is 3. The second-order valence-corrected chi connectivity index (χ2v) is 5.47. The van der Waals surface area contributed by atoms with Crippen LogP contribution in [0.5, 0.6) is 0 Å². The van der Waals surface area contributed by atoms with Crippen molar-refractivity contribution >= 4 is 5.78 Å². The standard InChI is InChI=1S/C13H22N4O/c1-10(2)8-17-13(15-9-16-17)7-12(18)6-11-4-3-5-14-11/h9-11,14H,3-8H2,1-2H3. The van der Waals surface area contributed by atoms with Crippen molar-refractivity contribution < 1.29 is 4.79 Å². The second kappa shape index (κ2) is 6.09. The van der Waals surface area contributed by atoms with E-state index in [-0.39, 0.29) is 5.78 Å². The molecule has 0 saturated carbocycles. The lowest BCUT2D eigenvalue weighted by molar-refractivity contribution is -0.119. The molecule has 1 fully saturated rings. The molecule has 0 aliphatic carbocycles. The summed E-state index contributed by atoms with van der Waals surface area (Å²) in [6.07, 6.45) is 4.87. The molecule has 0 radical (unpaired) electrons. The number of hydrogen-bond donors (Lipinski definition) is 1. The third-order valence-corrected chi connectivity index (χ3v) is 3.23. The van der Waals surface area contributed by atoms with E-state index in [1.807, 2.05) is 4.68 Å². The van der Waals surface area contributed by atoms with E-state index in [0.29, 0.717) is 24.8 Å². The lowest BCUT2D eigenvalue weighted by Crippen LogP contribution is -2.26. The summed E-state index contributed by atoms with van der Waals surface area (Å²) in [7, 11) is 0. The average molecular weight is 250 g/mol. The smallest absolute Gasteiger partial charge is 0.142 e. The molecule has 1 N–H and O–H groups in total. The summed E-state index contributed by atoms with van der Waals surface area (Å²) < 4.78 is 1.85. The Balaban J connectivity index is 1.88. The van der Waals surface area contributed by atoms with Gasteiger partial charge in [-0.05, 0) is 25.3 Å². The molecule has 0 bridgehead atoms. The third-order valence-electron chi connectivity index (χ3n) is 3.23. The van der Waals surface area contributed by atoms with E-state index in [0.717, 1.165) is 25.3 Å². The van der Waals surface area contributed by atoms with Crippen LogP contribution in [-0.2, 0) is 17.8 Å². The van der Waals surface area contributed by atoms with Gasteiger partial charge in [-0.3, -0.25) is 4.79 Å². The van der Waals surface area contributed by atoms with E-state index in [1.165, 1.54) is 6.42 Å². The summed E-state index contributed by atoms with van der Waals surface area (Å²) in [5.74, 6) is 1.57. The van der Waals surface area contributed by atoms with E-state index >= 15 is 0 Å². The molecule has 1 saturated heterocycles. The fourth-order valence-corrected chi connectivity index (χ4v) is 2.38. The Morgan fingerprint density at radius 3 is 3.11 bits per heavy atom. The van der Waals surface area contributed by atoms with Gasteiger partial charge in [-0.15, -0.1) is 0 Å². The second-order valence-electron chi connectivity index (χ2n) is 5.47. The zero-order chi connectivity index (χ0) is 13.0. The molecule has 1 atom stereocenters. The van der Waals surface area contributed by atoms with Gasteiger partial charge < -0.3 is 5.32 Å². The molecule has 0 amide bonds. The molecule has 18 heavy (non-hydrogen) atoms. The summed E-state index contributed by atoms with van der Waals surface area (Å²) in [4.78, 5) is 16.2. The van der Waals surface area contributed by atoms with Gasteiger partial charge in [-0.25, -0.2) is 9.67 Å². The van der Waals surface area contributed by atoms with Gasteiger partial charge in [0.2, 0.25) is 0 Å². The summed E-state index contributed by atoms with van der Waals surface area (Å²) >= 11 is 0.